The molecule has 2 fully saturated rings. The maximum absolute atomic E-state index is 12.1. The number of carbonyl (C=O) groups excluding carboxylic acids is 3. The van der Waals surface area contributed by atoms with Gasteiger partial charge in [0, 0.05) is 37.6 Å². The Bertz CT molecular complexity index is 1550. The number of imide groups is 1. The van der Waals surface area contributed by atoms with Gasteiger partial charge in [0.05, 0.1) is 28.8 Å². The summed E-state index contributed by atoms with van der Waals surface area (Å²) < 4.78 is 1.79. The van der Waals surface area contributed by atoms with E-state index in [1.165, 1.54) is 5.56 Å². The van der Waals surface area contributed by atoms with Crippen molar-refractivity contribution >= 4 is 34.4 Å². The molecule has 3 N–H and O–H groups in total. The van der Waals surface area contributed by atoms with Crippen molar-refractivity contribution in [3.8, 4) is 5.69 Å². The number of likely N-dealkylation sites (tertiary alicyclic amines) is 1. The molecule has 1 atom stereocenters. The third-order valence-corrected chi connectivity index (χ3v) is 7.50. The maximum atomic E-state index is 12.1. The lowest BCUT2D eigenvalue weighted by molar-refractivity contribution is -0.120. The second kappa shape index (κ2) is 10.3. The van der Waals surface area contributed by atoms with Gasteiger partial charge < -0.3 is 5.73 Å². The Morgan fingerprint density at radius 1 is 1.03 bits per heavy atom. The van der Waals surface area contributed by atoms with E-state index in [0.717, 1.165) is 49.2 Å². The number of hydrogen-bond acceptors (Lipinski definition) is 6. The molecule has 0 spiro atoms. The van der Waals surface area contributed by atoms with Crippen LogP contribution in [0.15, 0.2) is 67.0 Å². The summed E-state index contributed by atoms with van der Waals surface area (Å²) in [6.45, 7) is 3.05. The van der Waals surface area contributed by atoms with Crippen LogP contribution >= 0.6 is 0 Å². The van der Waals surface area contributed by atoms with E-state index in [-0.39, 0.29) is 5.91 Å². The van der Waals surface area contributed by atoms with Crippen molar-refractivity contribution in [1.29, 1.82) is 0 Å². The molecule has 10 heteroatoms. The van der Waals surface area contributed by atoms with E-state index >= 15 is 0 Å². The maximum Gasteiger partial charge on any atom is 0.328 e. The second-order valence-corrected chi connectivity index (χ2v) is 10.1. The van der Waals surface area contributed by atoms with Crippen LogP contribution in [0.2, 0.25) is 0 Å². The lowest BCUT2D eigenvalue weighted by Gasteiger charge is -2.33. The van der Waals surface area contributed by atoms with Crippen LogP contribution in [-0.2, 0) is 11.3 Å². The fourth-order valence-electron chi connectivity index (χ4n) is 5.46. The molecule has 4 aromatic rings. The number of primary amides is 1. The van der Waals surface area contributed by atoms with E-state index in [9.17, 15) is 14.4 Å². The number of rotatable bonds is 6. The first-order valence-electron chi connectivity index (χ1n) is 13.1. The lowest BCUT2D eigenvalue weighted by atomic mass is 9.90. The van der Waals surface area contributed by atoms with Crippen molar-refractivity contribution in [3.63, 3.8) is 0 Å². The van der Waals surface area contributed by atoms with Gasteiger partial charge in [0.1, 0.15) is 5.52 Å². The number of amides is 4. The number of urea groups is 1. The van der Waals surface area contributed by atoms with Crippen LogP contribution < -0.4 is 16.0 Å². The number of nitrogens with one attached hydrogen (secondary N) is 1. The van der Waals surface area contributed by atoms with E-state index in [2.05, 4.69) is 44.6 Å². The molecule has 4 heterocycles. The van der Waals surface area contributed by atoms with E-state index in [1.807, 2.05) is 30.5 Å². The Hall–Kier alpha value is -4.57. The van der Waals surface area contributed by atoms with Crippen LogP contribution in [0.1, 0.15) is 46.8 Å². The highest BCUT2D eigenvalue weighted by Gasteiger charge is 2.25. The Morgan fingerprint density at radius 2 is 1.85 bits per heavy atom. The molecule has 2 aliphatic heterocycles. The van der Waals surface area contributed by atoms with Crippen LogP contribution in [-0.4, -0.2) is 57.1 Å². The minimum atomic E-state index is -0.485. The minimum absolute atomic E-state index is 0.246. The van der Waals surface area contributed by atoms with Gasteiger partial charge in [-0.25, -0.2) is 9.48 Å². The summed E-state index contributed by atoms with van der Waals surface area (Å²) in [6.07, 6.45) is 6.13. The van der Waals surface area contributed by atoms with Crippen LogP contribution in [0, 0.1) is 0 Å². The molecule has 6 rings (SSSR count). The van der Waals surface area contributed by atoms with Crippen molar-refractivity contribution in [3.05, 3.63) is 83.8 Å². The largest absolute Gasteiger partial charge is 0.366 e. The van der Waals surface area contributed by atoms with Gasteiger partial charge in [0.15, 0.2) is 0 Å². The number of fused-ring (bicyclic) bond motifs is 1. The fourth-order valence-corrected chi connectivity index (χ4v) is 5.46. The lowest BCUT2D eigenvalue weighted by Crippen LogP contribution is -2.49. The standard InChI is InChI=1S/C29H29N7O3/c30-28(38)25-5-1-3-21-17-36(33-27(21)25)23-9-6-19(7-10-23)20-4-2-13-34(16-20)18-22-8-11-24(15-31-22)35-14-12-26(37)32-29(35)39/h1,3,5-11,15,17,20H,2,4,12-14,16,18H2,(H2,30,38)(H,32,37,39)/t20-/m1/s1. The summed E-state index contributed by atoms with van der Waals surface area (Å²) in [5, 5.41) is 7.82. The molecule has 2 aromatic carbocycles. The molecule has 2 aliphatic rings. The van der Waals surface area contributed by atoms with Crippen molar-refractivity contribution in [2.75, 3.05) is 24.5 Å². The number of piperidine rings is 1. The molecule has 0 saturated carbocycles. The molecule has 0 aliphatic carbocycles. The highest BCUT2D eigenvalue weighted by atomic mass is 16.2. The predicted octanol–water partition coefficient (Wildman–Crippen LogP) is 3.35. The molecule has 0 radical (unpaired) electrons. The Labute approximate surface area is 225 Å². The van der Waals surface area contributed by atoms with Gasteiger partial charge in [-0.2, -0.15) is 5.10 Å². The smallest absolute Gasteiger partial charge is 0.328 e. The number of nitrogens with zero attached hydrogens (tertiary/aromatic N) is 5. The van der Waals surface area contributed by atoms with E-state index in [4.69, 9.17) is 5.73 Å². The zero-order valence-electron chi connectivity index (χ0n) is 21.4. The molecule has 4 amide bonds. The zero-order valence-corrected chi connectivity index (χ0v) is 21.4. The number of hydrogen-bond donors (Lipinski definition) is 2. The molecule has 0 bridgehead atoms. The SMILES string of the molecule is NC(=O)c1cccc2cn(-c3ccc([C@@H]4CCCN(Cc5ccc(N6CCC(=O)NC6=O)cn5)C4)cc3)nc12. The minimum Gasteiger partial charge on any atom is -0.366 e. The summed E-state index contributed by atoms with van der Waals surface area (Å²) in [6, 6.07) is 17.3. The van der Waals surface area contributed by atoms with Crippen molar-refractivity contribution in [2.45, 2.75) is 31.7 Å². The number of pyridine rings is 1. The molecular weight excluding hydrogens is 494 g/mol. The summed E-state index contributed by atoms with van der Waals surface area (Å²) in [4.78, 5) is 43.8. The Morgan fingerprint density at radius 3 is 2.59 bits per heavy atom. The second-order valence-electron chi connectivity index (χ2n) is 10.1. The van der Waals surface area contributed by atoms with Gasteiger partial charge in [0.2, 0.25) is 5.91 Å². The van der Waals surface area contributed by atoms with E-state index < -0.39 is 11.9 Å². The van der Waals surface area contributed by atoms with Crippen molar-refractivity contribution in [1.82, 2.24) is 25.0 Å². The van der Waals surface area contributed by atoms with Gasteiger partial charge in [-0.3, -0.25) is 29.7 Å². The third-order valence-electron chi connectivity index (χ3n) is 7.50. The van der Waals surface area contributed by atoms with Crippen LogP contribution in [0.4, 0.5) is 10.5 Å². The first-order valence-corrected chi connectivity index (χ1v) is 13.1. The number of benzene rings is 2. The number of aromatic nitrogens is 3. The summed E-state index contributed by atoms with van der Waals surface area (Å²) in [5.41, 5.74) is 10.4. The van der Waals surface area contributed by atoms with Gasteiger partial charge in [0.25, 0.3) is 5.91 Å². The number of nitrogens with two attached hydrogens (primary N) is 1. The first-order chi connectivity index (χ1) is 18.9. The molecule has 39 heavy (non-hydrogen) atoms. The average molecular weight is 524 g/mol. The fraction of sp³-hybridized carbons (Fsp3) is 0.276. The van der Waals surface area contributed by atoms with Crippen LogP contribution in [0.3, 0.4) is 0 Å². The summed E-state index contributed by atoms with van der Waals surface area (Å²) in [7, 11) is 0. The Balaban J connectivity index is 1.11. The van der Waals surface area contributed by atoms with Crippen LogP contribution in [0.25, 0.3) is 16.6 Å². The molecule has 2 aromatic heterocycles. The highest BCUT2D eigenvalue weighted by Crippen LogP contribution is 2.29. The third kappa shape index (κ3) is 5.10. The Kier molecular flexibility index (Phi) is 6.54. The highest BCUT2D eigenvalue weighted by molar-refractivity contribution is 6.05. The molecule has 2 saturated heterocycles. The molecule has 10 nitrogen and oxygen atoms in total. The first kappa shape index (κ1) is 24.7. The number of anilines is 1. The number of carbonyl (C=O) groups is 3. The molecule has 198 valence electrons. The molecule has 0 unspecified atom stereocenters. The summed E-state index contributed by atoms with van der Waals surface area (Å²) >= 11 is 0. The van der Waals surface area contributed by atoms with E-state index in [0.29, 0.717) is 35.7 Å². The van der Waals surface area contributed by atoms with Gasteiger partial charge in [-0.15, -0.1) is 0 Å². The van der Waals surface area contributed by atoms with Crippen molar-refractivity contribution in [2.24, 2.45) is 5.73 Å². The van der Waals surface area contributed by atoms with Gasteiger partial charge >= 0.3 is 6.03 Å². The van der Waals surface area contributed by atoms with Gasteiger partial charge in [-0.05, 0) is 61.2 Å². The zero-order chi connectivity index (χ0) is 26.9. The van der Waals surface area contributed by atoms with Crippen molar-refractivity contribution < 1.29 is 14.4 Å². The normalized spacial score (nSPS) is 18.4. The van der Waals surface area contributed by atoms with Crippen LogP contribution in [0.5, 0.6) is 0 Å². The quantitative estimate of drug-likeness (QED) is 0.399. The predicted molar refractivity (Wildman–Crippen MR) is 147 cm³/mol. The topological polar surface area (TPSA) is 126 Å². The van der Waals surface area contributed by atoms with E-state index in [1.54, 1.807) is 21.8 Å². The summed E-state index contributed by atoms with van der Waals surface area (Å²) in [5.74, 6) is -0.315. The molecular formula is C29H29N7O3. The monoisotopic (exact) mass is 523 g/mol. The van der Waals surface area contributed by atoms with Gasteiger partial charge in [-0.1, -0.05) is 24.3 Å². The average Bonchev–Trinajstić information content (AvgIpc) is 3.38.